The number of benzene rings is 2. The summed E-state index contributed by atoms with van der Waals surface area (Å²) in [6, 6.07) is 15.5. The summed E-state index contributed by atoms with van der Waals surface area (Å²) in [5, 5.41) is 6.00. The van der Waals surface area contributed by atoms with Crippen LogP contribution in [0.3, 0.4) is 0 Å². The highest BCUT2D eigenvalue weighted by Gasteiger charge is 2.51. The number of anilines is 2. The summed E-state index contributed by atoms with van der Waals surface area (Å²) in [5.41, 5.74) is 3.84. The van der Waals surface area contributed by atoms with Crippen molar-refractivity contribution < 1.29 is 9.59 Å². The lowest BCUT2D eigenvalue weighted by Crippen LogP contribution is -2.39. The van der Waals surface area contributed by atoms with Crippen molar-refractivity contribution in [3.63, 3.8) is 0 Å². The molecule has 0 aromatic heterocycles. The van der Waals surface area contributed by atoms with E-state index in [0.717, 1.165) is 28.9 Å². The summed E-state index contributed by atoms with van der Waals surface area (Å²) in [6.07, 6.45) is 5.07. The molecular weight excluding hydrogens is 336 g/mol. The Labute approximate surface area is 159 Å². The Morgan fingerprint density at radius 1 is 0.704 bits per heavy atom. The third-order valence-corrected chi connectivity index (χ3v) is 5.70. The first-order valence-electron chi connectivity index (χ1n) is 9.44. The Kier molecular flexibility index (Phi) is 4.56. The van der Waals surface area contributed by atoms with Crippen molar-refractivity contribution >= 4 is 23.2 Å². The summed E-state index contributed by atoms with van der Waals surface area (Å²) >= 11 is 0. The first kappa shape index (κ1) is 17.5. The fraction of sp³-hybridized carbons (Fsp3) is 0.304. The van der Waals surface area contributed by atoms with Crippen LogP contribution in [0.2, 0.25) is 0 Å². The molecule has 138 valence electrons. The van der Waals surface area contributed by atoms with Gasteiger partial charge in [0.25, 0.3) is 0 Å². The van der Waals surface area contributed by atoms with Crippen molar-refractivity contribution in [1.29, 1.82) is 0 Å². The van der Waals surface area contributed by atoms with Crippen LogP contribution in [-0.2, 0) is 9.59 Å². The molecule has 4 atom stereocenters. The molecular formula is C23H24N2O2. The largest absolute Gasteiger partial charge is 0.326 e. The van der Waals surface area contributed by atoms with Crippen molar-refractivity contribution in [3.05, 3.63) is 71.8 Å². The van der Waals surface area contributed by atoms with Gasteiger partial charge in [0, 0.05) is 11.4 Å². The van der Waals surface area contributed by atoms with Gasteiger partial charge in [0.2, 0.25) is 11.8 Å². The van der Waals surface area contributed by atoms with Gasteiger partial charge in [-0.25, -0.2) is 0 Å². The zero-order valence-corrected chi connectivity index (χ0v) is 15.6. The molecule has 2 aromatic rings. The molecule has 2 aliphatic rings. The molecule has 4 rings (SSSR count). The van der Waals surface area contributed by atoms with E-state index in [1.54, 1.807) is 0 Å². The minimum Gasteiger partial charge on any atom is -0.326 e. The van der Waals surface area contributed by atoms with E-state index in [1.165, 1.54) is 0 Å². The summed E-state index contributed by atoms with van der Waals surface area (Å²) < 4.78 is 0. The number of hydrogen-bond acceptors (Lipinski definition) is 2. The Hall–Kier alpha value is -2.88. The zero-order chi connectivity index (χ0) is 19.0. The van der Waals surface area contributed by atoms with Gasteiger partial charge in [-0.05, 0) is 56.4 Å². The molecule has 1 fully saturated rings. The maximum atomic E-state index is 13.0. The normalized spacial score (nSPS) is 25.4. The number of carbonyl (C=O) groups is 2. The molecule has 0 heterocycles. The van der Waals surface area contributed by atoms with Crippen LogP contribution >= 0.6 is 0 Å². The predicted molar refractivity (Wildman–Crippen MR) is 107 cm³/mol. The third-order valence-electron chi connectivity index (χ3n) is 5.70. The van der Waals surface area contributed by atoms with Gasteiger partial charge in [-0.15, -0.1) is 0 Å². The van der Waals surface area contributed by atoms with E-state index in [0.29, 0.717) is 0 Å². The highest BCUT2D eigenvalue weighted by Crippen LogP contribution is 2.48. The maximum Gasteiger partial charge on any atom is 0.228 e. The van der Waals surface area contributed by atoms with Crippen LogP contribution < -0.4 is 10.6 Å². The molecule has 0 spiro atoms. The topological polar surface area (TPSA) is 58.2 Å². The first-order chi connectivity index (χ1) is 13.0. The lowest BCUT2D eigenvalue weighted by Gasteiger charge is -2.26. The van der Waals surface area contributed by atoms with Gasteiger partial charge >= 0.3 is 0 Å². The first-order valence-corrected chi connectivity index (χ1v) is 9.44. The van der Waals surface area contributed by atoms with Gasteiger partial charge in [-0.1, -0.05) is 47.5 Å². The molecule has 2 amide bonds. The SMILES string of the molecule is Cc1ccc(NC(=O)[C@@H]2[C@H](C(=O)Nc3ccc(C)cc3)[C@H]3C=C[C@H]2C3)cc1. The van der Waals surface area contributed by atoms with Gasteiger partial charge in [0.05, 0.1) is 11.8 Å². The minimum atomic E-state index is -0.327. The molecule has 0 saturated heterocycles. The van der Waals surface area contributed by atoms with Gasteiger partial charge in [0.1, 0.15) is 0 Å². The summed E-state index contributed by atoms with van der Waals surface area (Å²) in [4.78, 5) is 26.0. The molecule has 1 saturated carbocycles. The van der Waals surface area contributed by atoms with E-state index in [2.05, 4.69) is 22.8 Å². The van der Waals surface area contributed by atoms with E-state index in [4.69, 9.17) is 0 Å². The second kappa shape index (κ2) is 7.03. The molecule has 2 N–H and O–H groups in total. The zero-order valence-electron chi connectivity index (χ0n) is 15.6. The van der Waals surface area contributed by atoms with E-state index in [1.807, 2.05) is 62.4 Å². The third kappa shape index (κ3) is 3.52. The Bertz CT molecular complexity index is 810. The fourth-order valence-corrected chi connectivity index (χ4v) is 4.26. The standard InChI is InChI=1S/C23H24N2O2/c1-14-3-9-18(10-4-14)24-22(26)20-16-7-8-17(13-16)21(20)23(27)25-19-11-5-15(2)6-12-19/h3-12,16-17,20-21H,13H2,1-2H3,(H,24,26)(H,25,27)/t16-,17-,20-,21+/m0/s1. The highest BCUT2D eigenvalue weighted by atomic mass is 16.2. The van der Waals surface area contributed by atoms with Crippen LogP contribution in [0.4, 0.5) is 11.4 Å². The molecule has 4 nitrogen and oxygen atoms in total. The lowest BCUT2D eigenvalue weighted by molar-refractivity contribution is -0.129. The highest BCUT2D eigenvalue weighted by molar-refractivity contribution is 6.01. The summed E-state index contributed by atoms with van der Waals surface area (Å²) in [7, 11) is 0. The van der Waals surface area contributed by atoms with Crippen LogP contribution in [0.5, 0.6) is 0 Å². The molecule has 0 unspecified atom stereocenters. The number of carbonyl (C=O) groups excluding carboxylic acids is 2. The molecule has 0 radical (unpaired) electrons. The fourth-order valence-electron chi connectivity index (χ4n) is 4.26. The van der Waals surface area contributed by atoms with Crippen LogP contribution in [0.1, 0.15) is 17.5 Å². The molecule has 2 bridgehead atoms. The number of allylic oxidation sites excluding steroid dienone is 2. The van der Waals surface area contributed by atoms with Gasteiger partial charge < -0.3 is 10.6 Å². The number of hydrogen-bond donors (Lipinski definition) is 2. The predicted octanol–water partition coefficient (Wildman–Crippen LogP) is 4.32. The molecule has 27 heavy (non-hydrogen) atoms. The molecule has 0 aliphatic heterocycles. The van der Waals surface area contributed by atoms with E-state index >= 15 is 0 Å². The van der Waals surface area contributed by atoms with E-state index < -0.39 is 0 Å². The lowest BCUT2D eigenvalue weighted by atomic mass is 9.81. The number of fused-ring (bicyclic) bond motifs is 2. The average molecular weight is 360 g/mol. The number of nitrogens with one attached hydrogen (secondary N) is 2. The Morgan fingerprint density at radius 3 is 1.44 bits per heavy atom. The van der Waals surface area contributed by atoms with Crippen molar-refractivity contribution in [2.75, 3.05) is 10.6 Å². The number of aryl methyl sites for hydroxylation is 2. The van der Waals surface area contributed by atoms with Gasteiger partial charge in [0.15, 0.2) is 0 Å². The monoisotopic (exact) mass is 360 g/mol. The van der Waals surface area contributed by atoms with Crippen LogP contribution in [0, 0.1) is 37.5 Å². The smallest absolute Gasteiger partial charge is 0.228 e. The quantitative estimate of drug-likeness (QED) is 0.798. The second-order valence-electron chi connectivity index (χ2n) is 7.71. The average Bonchev–Trinajstić information content (AvgIpc) is 3.27. The van der Waals surface area contributed by atoms with Crippen LogP contribution in [-0.4, -0.2) is 11.8 Å². The van der Waals surface area contributed by atoms with Crippen molar-refractivity contribution in [3.8, 4) is 0 Å². The molecule has 4 heteroatoms. The van der Waals surface area contributed by atoms with E-state index in [-0.39, 0.29) is 35.5 Å². The van der Waals surface area contributed by atoms with Gasteiger partial charge in [-0.3, -0.25) is 9.59 Å². The molecule has 2 aromatic carbocycles. The van der Waals surface area contributed by atoms with Crippen molar-refractivity contribution in [1.82, 2.24) is 0 Å². The Morgan fingerprint density at radius 2 is 1.07 bits per heavy atom. The van der Waals surface area contributed by atoms with Gasteiger partial charge in [-0.2, -0.15) is 0 Å². The summed E-state index contributed by atoms with van der Waals surface area (Å²) in [6.45, 7) is 4.02. The molecule has 2 aliphatic carbocycles. The number of rotatable bonds is 4. The van der Waals surface area contributed by atoms with Crippen molar-refractivity contribution in [2.24, 2.45) is 23.7 Å². The summed E-state index contributed by atoms with van der Waals surface area (Å²) in [5.74, 6) is -0.526. The van der Waals surface area contributed by atoms with E-state index in [9.17, 15) is 9.59 Å². The Balaban J connectivity index is 1.51. The van der Waals surface area contributed by atoms with Crippen LogP contribution in [0.15, 0.2) is 60.7 Å². The second-order valence-corrected chi connectivity index (χ2v) is 7.71. The van der Waals surface area contributed by atoms with Crippen LogP contribution in [0.25, 0.3) is 0 Å². The minimum absolute atomic E-state index is 0.0697. The maximum absolute atomic E-state index is 13.0. The number of amides is 2. The van der Waals surface area contributed by atoms with Crippen molar-refractivity contribution in [2.45, 2.75) is 20.3 Å².